The Bertz CT molecular complexity index is 1080. The van der Waals surface area contributed by atoms with Crippen molar-refractivity contribution in [2.45, 2.75) is 19.4 Å². The third-order valence-corrected chi connectivity index (χ3v) is 5.61. The summed E-state index contributed by atoms with van der Waals surface area (Å²) in [6.07, 6.45) is 2.66. The number of para-hydroxylation sites is 1. The maximum absolute atomic E-state index is 13.5. The van der Waals surface area contributed by atoms with Crippen LogP contribution in [0.3, 0.4) is 0 Å². The molecule has 2 amide bonds. The number of nitrogens with zero attached hydrogens (tertiary/aromatic N) is 1. The second-order valence-corrected chi connectivity index (χ2v) is 7.52. The first-order chi connectivity index (χ1) is 14.5. The highest BCUT2D eigenvalue weighted by atomic mass is 19.1. The SMILES string of the molecule is COc1ccccc1CNC(=O)[C@@H]1CC(=O)N(CCc2c[nH]c3ccc(F)cc23)C1. The molecule has 2 aromatic carbocycles. The minimum absolute atomic E-state index is 0.0292. The van der Waals surface area contributed by atoms with E-state index in [1.807, 2.05) is 30.5 Å². The fourth-order valence-corrected chi connectivity index (χ4v) is 3.95. The van der Waals surface area contributed by atoms with Crippen molar-refractivity contribution in [2.24, 2.45) is 5.92 Å². The number of aromatic nitrogens is 1. The van der Waals surface area contributed by atoms with Gasteiger partial charge in [0.1, 0.15) is 11.6 Å². The molecule has 1 aliphatic rings. The highest BCUT2D eigenvalue weighted by Gasteiger charge is 2.34. The van der Waals surface area contributed by atoms with Crippen molar-refractivity contribution in [3.63, 3.8) is 0 Å². The van der Waals surface area contributed by atoms with Crippen molar-refractivity contribution >= 4 is 22.7 Å². The molecule has 7 heteroatoms. The van der Waals surface area contributed by atoms with Gasteiger partial charge < -0.3 is 19.9 Å². The molecular weight excluding hydrogens is 385 g/mol. The lowest BCUT2D eigenvalue weighted by Crippen LogP contribution is -2.33. The Hall–Kier alpha value is -3.35. The van der Waals surface area contributed by atoms with Gasteiger partial charge in [-0.3, -0.25) is 9.59 Å². The summed E-state index contributed by atoms with van der Waals surface area (Å²) in [7, 11) is 1.59. The fraction of sp³-hybridized carbons (Fsp3) is 0.304. The van der Waals surface area contributed by atoms with Gasteiger partial charge in [-0.2, -0.15) is 0 Å². The first-order valence-electron chi connectivity index (χ1n) is 9.98. The van der Waals surface area contributed by atoms with E-state index in [0.717, 1.165) is 27.8 Å². The standard InChI is InChI=1S/C23H24FN3O3/c1-30-21-5-3-2-4-16(21)13-26-23(29)17-10-22(28)27(14-17)9-8-15-12-25-20-7-6-18(24)11-19(15)20/h2-7,11-12,17,25H,8-10,13-14H2,1H3,(H,26,29)/t17-/m1/s1. The van der Waals surface area contributed by atoms with E-state index in [2.05, 4.69) is 10.3 Å². The summed E-state index contributed by atoms with van der Waals surface area (Å²) in [5, 5.41) is 3.74. The molecule has 1 aromatic heterocycles. The summed E-state index contributed by atoms with van der Waals surface area (Å²) in [6.45, 7) is 1.25. The van der Waals surface area contributed by atoms with E-state index in [4.69, 9.17) is 4.74 Å². The Balaban J connectivity index is 1.33. The number of H-pyrrole nitrogens is 1. The number of nitrogens with one attached hydrogen (secondary N) is 2. The molecule has 0 aliphatic carbocycles. The zero-order chi connectivity index (χ0) is 21.1. The monoisotopic (exact) mass is 409 g/mol. The lowest BCUT2D eigenvalue weighted by Gasteiger charge is -2.16. The lowest BCUT2D eigenvalue weighted by atomic mass is 10.1. The van der Waals surface area contributed by atoms with Crippen LogP contribution >= 0.6 is 0 Å². The van der Waals surface area contributed by atoms with E-state index in [1.54, 1.807) is 18.1 Å². The first-order valence-corrected chi connectivity index (χ1v) is 9.98. The number of carbonyl (C=O) groups excluding carboxylic acids is 2. The maximum atomic E-state index is 13.5. The number of hydrogen-bond acceptors (Lipinski definition) is 3. The molecule has 6 nitrogen and oxygen atoms in total. The lowest BCUT2D eigenvalue weighted by molar-refractivity contribution is -0.129. The van der Waals surface area contributed by atoms with Crippen molar-refractivity contribution in [2.75, 3.05) is 20.2 Å². The van der Waals surface area contributed by atoms with Crippen LogP contribution in [0.25, 0.3) is 10.9 Å². The largest absolute Gasteiger partial charge is 0.496 e. The predicted octanol–water partition coefficient (Wildman–Crippen LogP) is 3.02. The smallest absolute Gasteiger partial charge is 0.225 e. The van der Waals surface area contributed by atoms with Gasteiger partial charge in [0.25, 0.3) is 0 Å². The van der Waals surface area contributed by atoms with Gasteiger partial charge in [0.15, 0.2) is 0 Å². The van der Waals surface area contributed by atoms with E-state index < -0.39 is 0 Å². The van der Waals surface area contributed by atoms with Gasteiger partial charge in [-0.15, -0.1) is 0 Å². The molecule has 2 heterocycles. The van der Waals surface area contributed by atoms with Gasteiger partial charge in [0, 0.05) is 48.7 Å². The molecule has 4 rings (SSSR count). The normalized spacial score (nSPS) is 16.3. The van der Waals surface area contributed by atoms with Crippen molar-refractivity contribution in [1.29, 1.82) is 0 Å². The molecule has 0 bridgehead atoms. The van der Waals surface area contributed by atoms with Crippen LogP contribution in [-0.4, -0.2) is 41.9 Å². The van der Waals surface area contributed by atoms with Crippen LogP contribution < -0.4 is 10.1 Å². The van der Waals surface area contributed by atoms with Crippen LogP contribution in [0.2, 0.25) is 0 Å². The average molecular weight is 409 g/mol. The molecule has 1 aliphatic heterocycles. The van der Waals surface area contributed by atoms with E-state index in [1.165, 1.54) is 12.1 Å². The zero-order valence-corrected chi connectivity index (χ0v) is 16.8. The van der Waals surface area contributed by atoms with E-state index >= 15 is 0 Å². The Morgan fingerprint density at radius 2 is 2.10 bits per heavy atom. The number of aromatic amines is 1. The molecule has 0 spiro atoms. The Kier molecular flexibility index (Phi) is 5.70. The number of ether oxygens (including phenoxy) is 1. The number of amides is 2. The van der Waals surface area contributed by atoms with Crippen molar-refractivity contribution < 1.29 is 18.7 Å². The van der Waals surface area contributed by atoms with Crippen LogP contribution in [-0.2, 0) is 22.6 Å². The van der Waals surface area contributed by atoms with Crippen LogP contribution in [0.1, 0.15) is 17.5 Å². The fourth-order valence-electron chi connectivity index (χ4n) is 3.95. The second kappa shape index (κ2) is 8.57. The molecular formula is C23H24FN3O3. The van der Waals surface area contributed by atoms with Gasteiger partial charge in [0.2, 0.25) is 11.8 Å². The molecule has 3 aromatic rings. The highest BCUT2D eigenvalue weighted by molar-refractivity contribution is 5.89. The van der Waals surface area contributed by atoms with Gasteiger partial charge in [-0.05, 0) is 36.2 Å². The van der Waals surface area contributed by atoms with Crippen LogP contribution in [0.4, 0.5) is 4.39 Å². The molecule has 1 atom stereocenters. The number of benzene rings is 2. The minimum Gasteiger partial charge on any atom is -0.496 e. The number of halogens is 1. The third-order valence-electron chi connectivity index (χ3n) is 5.61. The molecule has 156 valence electrons. The Morgan fingerprint density at radius 1 is 1.27 bits per heavy atom. The third kappa shape index (κ3) is 4.15. The van der Waals surface area contributed by atoms with E-state index in [9.17, 15) is 14.0 Å². The zero-order valence-electron chi connectivity index (χ0n) is 16.8. The number of methoxy groups -OCH3 is 1. The van der Waals surface area contributed by atoms with Gasteiger partial charge >= 0.3 is 0 Å². The molecule has 0 unspecified atom stereocenters. The summed E-state index contributed by atoms with van der Waals surface area (Å²) in [4.78, 5) is 29.8. The number of carbonyl (C=O) groups is 2. The quantitative estimate of drug-likeness (QED) is 0.630. The van der Waals surface area contributed by atoms with Crippen molar-refractivity contribution in [3.05, 3.63) is 65.6 Å². The molecule has 0 radical (unpaired) electrons. The summed E-state index contributed by atoms with van der Waals surface area (Å²) >= 11 is 0. The summed E-state index contributed by atoms with van der Waals surface area (Å²) in [5.74, 6) is -0.0959. The summed E-state index contributed by atoms with van der Waals surface area (Å²) in [6, 6.07) is 12.1. The summed E-state index contributed by atoms with van der Waals surface area (Å²) in [5.41, 5.74) is 2.72. The van der Waals surface area contributed by atoms with E-state index in [-0.39, 0.29) is 30.0 Å². The van der Waals surface area contributed by atoms with Gasteiger partial charge in [0.05, 0.1) is 13.0 Å². The number of fused-ring (bicyclic) bond motifs is 1. The van der Waals surface area contributed by atoms with Crippen LogP contribution in [0.5, 0.6) is 5.75 Å². The van der Waals surface area contributed by atoms with Crippen LogP contribution in [0.15, 0.2) is 48.7 Å². The van der Waals surface area contributed by atoms with Gasteiger partial charge in [-0.25, -0.2) is 4.39 Å². The topological polar surface area (TPSA) is 74.4 Å². The average Bonchev–Trinajstić information content (AvgIpc) is 3.33. The summed E-state index contributed by atoms with van der Waals surface area (Å²) < 4.78 is 18.9. The minimum atomic E-state index is -0.368. The van der Waals surface area contributed by atoms with E-state index in [0.29, 0.717) is 26.1 Å². The predicted molar refractivity (Wildman–Crippen MR) is 111 cm³/mol. The van der Waals surface area contributed by atoms with Crippen molar-refractivity contribution in [1.82, 2.24) is 15.2 Å². The number of hydrogen-bond donors (Lipinski definition) is 2. The second-order valence-electron chi connectivity index (χ2n) is 7.52. The van der Waals surface area contributed by atoms with Crippen LogP contribution in [0, 0.1) is 11.7 Å². The Labute approximate surface area is 174 Å². The molecule has 1 saturated heterocycles. The molecule has 2 N–H and O–H groups in total. The maximum Gasteiger partial charge on any atom is 0.225 e. The Morgan fingerprint density at radius 3 is 2.93 bits per heavy atom. The van der Waals surface area contributed by atoms with Crippen molar-refractivity contribution in [3.8, 4) is 5.75 Å². The number of rotatable bonds is 7. The molecule has 30 heavy (non-hydrogen) atoms. The first kappa shape index (κ1) is 19.9. The molecule has 0 saturated carbocycles. The number of likely N-dealkylation sites (tertiary alicyclic amines) is 1. The highest BCUT2D eigenvalue weighted by Crippen LogP contribution is 2.23. The van der Waals surface area contributed by atoms with Gasteiger partial charge in [-0.1, -0.05) is 18.2 Å². The molecule has 1 fully saturated rings.